The van der Waals surface area contributed by atoms with Gasteiger partial charge in [0.2, 0.25) is 0 Å². The van der Waals surface area contributed by atoms with Gasteiger partial charge in [-0.05, 0) is 64.7 Å². The molecular weight excluding hydrogens is 587 g/mol. The van der Waals surface area contributed by atoms with E-state index >= 15 is 0 Å². The van der Waals surface area contributed by atoms with Crippen molar-refractivity contribution in [3.05, 3.63) is 169 Å². The zero-order valence-electron chi connectivity index (χ0n) is 27.0. The highest BCUT2D eigenvalue weighted by atomic mass is 15.0. The molecule has 0 unspecified atom stereocenters. The summed E-state index contributed by atoms with van der Waals surface area (Å²) in [6.45, 7) is 12.2. The van der Waals surface area contributed by atoms with Gasteiger partial charge >= 0.3 is 0 Å². The fourth-order valence-corrected chi connectivity index (χ4v) is 7.47. The average Bonchev–Trinajstić information content (AvgIpc) is 3.68. The van der Waals surface area contributed by atoms with E-state index in [-0.39, 0.29) is 17.1 Å². The van der Waals surface area contributed by atoms with Gasteiger partial charge in [-0.15, -0.1) is 0 Å². The molecule has 5 nitrogen and oxygen atoms in total. The number of amidine groups is 2. The summed E-state index contributed by atoms with van der Waals surface area (Å²) in [5.41, 5.74) is 18.3. The standard InChI is InChI=1S/C43H35N5/c1-5-12-27(6-2)41(44)46-42(45)31-14-11-13-29(25-31)28-19-21-32(22-20-28)48-35-17-9-7-15-33(35)38-37(48)26-30-23-24-47-36-18-10-8-16-34(36)43(3,4)39(38)40(30)47/h5-26H,1-2H2,3-4H3,(H3,44,45,46)/b27-12+. The van der Waals surface area contributed by atoms with Crippen LogP contribution < -0.4 is 5.73 Å². The maximum atomic E-state index is 8.32. The fourth-order valence-electron chi connectivity index (χ4n) is 7.47. The molecule has 2 aromatic heterocycles. The van der Waals surface area contributed by atoms with Crippen LogP contribution in [0.1, 0.15) is 30.5 Å². The van der Waals surface area contributed by atoms with Crippen LogP contribution in [0, 0.1) is 5.41 Å². The SMILES string of the molecule is C=C/C=C(\C=C)C(=N)N=C(N)c1cccc(-c2ccc(-n3c4ccccc4c4c5c6c(ccn6-c6ccccc6C5(C)C)cc43)cc2)c1. The molecule has 0 bridgehead atoms. The van der Waals surface area contributed by atoms with E-state index in [1.807, 2.05) is 18.2 Å². The summed E-state index contributed by atoms with van der Waals surface area (Å²) in [6.07, 6.45) is 7.08. The first-order valence-corrected chi connectivity index (χ1v) is 16.1. The number of fused-ring (bicyclic) bond motifs is 6. The van der Waals surface area contributed by atoms with Crippen molar-refractivity contribution >= 4 is 44.4 Å². The number of nitrogens with one attached hydrogen (secondary N) is 1. The molecule has 0 aliphatic carbocycles. The second kappa shape index (κ2) is 11.0. The van der Waals surface area contributed by atoms with Crippen LogP contribution in [0.5, 0.6) is 0 Å². The lowest BCUT2D eigenvalue weighted by Crippen LogP contribution is -2.26. The Labute approximate surface area is 279 Å². The Bertz CT molecular complexity index is 2530. The maximum Gasteiger partial charge on any atom is 0.154 e. The van der Waals surface area contributed by atoms with Gasteiger partial charge in [0.1, 0.15) is 5.84 Å². The van der Waals surface area contributed by atoms with E-state index < -0.39 is 0 Å². The lowest BCUT2D eigenvalue weighted by atomic mass is 9.73. The normalized spacial score (nSPS) is 14.0. The summed E-state index contributed by atoms with van der Waals surface area (Å²) >= 11 is 0. The zero-order valence-corrected chi connectivity index (χ0v) is 27.0. The minimum Gasteiger partial charge on any atom is -0.383 e. The van der Waals surface area contributed by atoms with Gasteiger partial charge in [0.05, 0.1) is 16.6 Å². The molecule has 8 rings (SSSR count). The van der Waals surface area contributed by atoms with Crippen molar-refractivity contribution in [2.45, 2.75) is 19.3 Å². The third-order valence-corrected chi connectivity index (χ3v) is 9.71. The van der Waals surface area contributed by atoms with Gasteiger partial charge in [0, 0.05) is 50.3 Å². The molecule has 1 aliphatic heterocycles. The number of hydrogen-bond donors (Lipinski definition) is 2. The van der Waals surface area contributed by atoms with Crippen molar-refractivity contribution in [1.29, 1.82) is 5.41 Å². The number of nitrogens with two attached hydrogens (primary N) is 1. The van der Waals surface area contributed by atoms with Crippen molar-refractivity contribution in [3.8, 4) is 22.5 Å². The molecule has 3 heterocycles. The van der Waals surface area contributed by atoms with Gasteiger partial charge in [0.15, 0.2) is 5.84 Å². The minimum absolute atomic E-state index is 0.0407. The number of benzene rings is 5. The molecule has 0 radical (unpaired) electrons. The van der Waals surface area contributed by atoms with Gasteiger partial charge in [-0.25, -0.2) is 4.99 Å². The minimum atomic E-state index is -0.189. The predicted molar refractivity (Wildman–Crippen MR) is 202 cm³/mol. The van der Waals surface area contributed by atoms with E-state index in [1.54, 1.807) is 18.2 Å². The van der Waals surface area contributed by atoms with Gasteiger partial charge in [-0.3, -0.25) is 5.41 Å². The molecule has 232 valence electrons. The Morgan fingerprint density at radius 2 is 1.60 bits per heavy atom. The summed E-state index contributed by atoms with van der Waals surface area (Å²) in [6, 6.07) is 38.8. The number of rotatable bonds is 6. The third-order valence-electron chi connectivity index (χ3n) is 9.71. The maximum absolute atomic E-state index is 8.32. The summed E-state index contributed by atoms with van der Waals surface area (Å²) in [5, 5.41) is 12.1. The monoisotopic (exact) mass is 621 g/mol. The van der Waals surface area contributed by atoms with E-state index in [9.17, 15) is 0 Å². The van der Waals surface area contributed by atoms with Crippen LogP contribution in [0.3, 0.4) is 0 Å². The molecule has 5 aromatic carbocycles. The molecule has 5 heteroatoms. The lowest BCUT2D eigenvalue weighted by molar-refractivity contribution is 0.634. The Morgan fingerprint density at radius 1 is 0.833 bits per heavy atom. The Kier molecular flexibility index (Phi) is 6.67. The summed E-state index contributed by atoms with van der Waals surface area (Å²) < 4.78 is 4.77. The smallest absolute Gasteiger partial charge is 0.154 e. The molecule has 48 heavy (non-hydrogen) atoms. The van der Waals surface area contributed by atoms with Crippen LogP contribution in [-0.2, 0) is 5.41 Å². The van der Waals surface area contributed by atoms with Crippen molar-refractivity contribution in [2.75, 3.05) is 0 Å². The quantitative estimate of drug-likeness (QED) is 0.108. The zero-order chi connectivity index (χ0) is 33.2. The van der Waals surface area contributed by atoms with E-state index in [0.29, 0.717) is 5.57 Å². The molecule has 0 amide bonds. The number of nitrogens with zero attached hydrogens (tertiary/aromatic N) is 3. The van der Waals surface area contributed by atoms with Gasteiger partial charge in [-0.2, -0.15) is 0 Å². The van der Waals surface area contributed by atoms with Crippen LogP contribution in [0.2, 0.25) is 0 Å². The average molecular weight is 622 g/mol. The lowest BCUT2D eigenvalue weighted by Gasteiger charge is -2.35. The Morgan fingerprint density at radius 3 is 2.40 bits per heavy atom. The number of para-hydroxylation sites is 2. The first kappa shape index (κ1) is 29.2. The molecule has 0 spiro atoms. The second-order valence-electron chi connectivity index (χ2n) is 12.8. The molecule has 0 saturated carbocycles. The predicted octanol–water partition coefficient (Wildman–Crippen LogP) is 10.0. The first-order valence-electron chi connectivity index (χ1n) is 16.1. The van der Waals surface area contributed by atoms with Crippen molar-refractivity contribution in [3.63, 3.8) is 0 Å². The third kappa shape index (κ3) is 4.32. The molecule has 0 saturated heterocycles. The van der Waals surface area contributed by atoms with E-state index in [4.69, 9.17) is 11.1 Å². The highest BCUT2D eigenvalue weighted by Gasteiger charge is 2.36. The second-order valence-corrected chi connectivity index (χ2v) is 12.8. The number of hydrogen-bond acceptors (Lipinski definition) is 1. The van der Waals surface area contributed by atoms with Gasteiger partial charge in [-0.1, -0.05) is 112 Å². The number of aliphatic imine (C=N–C) groups is 1. The number of allylic oxidation sites excluding steroid dienone is 2. The number of aromatic nitrogens is 2. The topological polar surface area (TPSA) is 72.1 Å². The fraction of sp³-hybridized carbons (Fsp3) is 0.0698. The van der Waals surface area contributed by atoms with Crippen molar-refractivity contribution in [1.82, 2.24) is 9.13 Å². The van der Waals surface area contributed by atoms with E-state index in [1.165, 1.54) is 49.5 Å². The highest BCUT2D eigenvalue weighted by Crippen LogP contribution is 2.50. The van der Waals surface area contributed by atoms with Crippen molar-refractivity contribution in [2.24, 2.45) is 10.7 Å². The largest absolute Gasteiger partial charge is 0.383 e. The molecule has 1 aliphatic rings. The van der Waals surface area contributed by atoms with E-state index in [2.05, 4.69) is 138 Å². The Hall–Kier alpha value is -6.20. The molecule has 7 aromatic rings. The molecule has 3 N–H and O–H groups in total. The van der Waals surface area contributed by atoms with Crippen LogP contribution in [-0.4, -0.2) is 20.8 Å². The molecular formula is C43H35N5. The van der Waals surface area contributed by atoms with E-state index in [0.717, 1.165) is 22.4 Å². The van der Waals surface area contributed by atoms with Crippen LogP contribution in [0.15, 0.2) is 157 Å². The summed E-state index contributed by atoms with van der Waals surface area (Å²) in [5.74, 6) is 0.314. The first-order chi connectivity index (χ1) is 23.3. The summed E-state index contributed by atoms with van der Waals surface area (Å²) in [4.78, 5) is 4.33. The van der Waals surface area contributed by atoms with Crippen LogP contribution in [0.25, 0.3) is 55.2 Å². The van der Waals surface area contributed by atoms with Crippen LogP contribution in [0.4, 0.5) is 0 Å². The van der Waals surface area contributed by atoms with Crippen molar-refractivity contribution < 1.29 is 0 Å². The van der Waals surface area contributed by atoms with Gasteiger partial charge < -0.3 is 14.9 Å². The Balaban J connectivity index is 1.25. The summed E-state index contributed by atoms with van der Waals surface area (Å²) in [7, 11) is 0. The molecule has 0 fully saturated rings. The van der Waals surface area contributed by atoms with Crippen LogP contribution >= 0.6 is 0 Å². The van der Waals surface area contributed by atoms with Gasteiger partial charge in [0.25, 0.3) is 0 Å². The highest BCUT2D eigenvalue weighted by molar-refractivity contribution is 6.17. The molecule has 0 atom stereocenters.